The van der Waals surface area contributed by atoms with Crippen LogP contribution in [0.25, 0.3) is 0 Å². The Labute approximate surface area is 120 Å². The van der Waals surface area contributed by atoms with E-state index in [2.05, 4.69) is 0 Å². The summed E-state index contributed by atoms with van der Waals surface area (Å²) < 4.78 is 11.5. The lowest BCUT2D eigenvalue weighted by Crippen LogP contribution is -2.13. The molecule has 1 aromatic carbocycles. The topological polar surface area (TPSA) is 61.5 Å². The highest BCUT2D eigenvalue weighted by Gasteiger charge is 2.32. The van der Waals surface area contributed by atoms with Crippen molar-refractivity contribution in [2.75, 3.05) is 5.73 Å². The van der Waals surface area contributed by atoms with Crippen molar-refractivity contribution < 1.29 is 14.3 Å². The quantitative estimate of drug-likeness (QED) is 0.639. The molecule has 0 heterocycles. The van der Waals surface area contributed by atoms with Gasteiger partial charge in [-0.1, -0.05) is 0 Å². The number of carbonyl (C=O) groups is 1. The van der Waals surface area contributed by atoms with Crippen molar-refractivity contribution in [2.24, 2.45) is 5.92 Å². The number of carbonyl (C=O) groups excluding carboxylic acids is 1. The van der Waals surface area contributed by atoms with E-state index in [1.54, 1.807) is 12.1 Å². The van der Waals surface area contributed by atoms with Gasteiger partial charge in [-0.25, -0.2) is 0 Å². The van der Waals surface area contributed by atoms with E-state index in [9.17, 15) is 4.79 Å². The van der Waals surface area contributed by atoms with Gasteiger partial charge in [0.05, 0.1) is 12.2 Å². The second kappa shape index (κ2) is 5.73. The summed E-state index contributed by atoms with van der Waals surface area (Å²) in [5.74, 6) is 1.44. The summed E-state index contributed by atoms with van der Waals surface area (Å²) in [6.45, 7) is 7.77. The first-order chi connectivity index (χ1) is 9.38. The Morgan fingerprint density at radius 2 is 1.60 bits per heavy atom. The van der Waals surface area contributed by atoms with E-state index in [4.69, 9.17) is 15.2 Å². The molecule has 0 unspecified atom stereocenters. The first kappa shape index (κ1) is 14.7. The molecule has 2 rings (SSSR count). The fourth-order valence-electron chi connectivity index (χ4n) is 2.05. The Morgan fingerprint density at radius 3 is 2.05 bits per heavy atom. The summed E-state index contributed by atoms with van der Waals surface area (Å²) in [7, 11) is 0. The summed E-state index contributed by atoms with van der Waals surface area (Å²) in [5.41, 5.74) is 7.03. The molecule has 0 atom stereocenters. The van der Waals surface area contributed by atoms with Crippen LogP contribution in [0.4, 0.5) is 5.69 Å². The van der Waals surface area contributed by atoms with E-state index < -0.39 is 0 Å². The number of nitrogens with two attached hydrogens (primary N) is 1. The zero-order chi connectivity index (χ0) is 14.9. The third-order valence-electron chi connectivity index (χ3n) is 3.05. The average molecular weight is 277 g/mol. The zero-order valence-electron chi connectivity index (χ0n) is 12.6. The molecule has 110 valence electrons. The van der Waals surface area contributed by atoms with Crippen molar-refractivity contribution in [3.63, 3.8) is 0 Å². The summed E-state index contributed by atoms with van der Waals surface area (Å²) in [4.78, 5) is 12.2. The highest BCUT2D eigenvalue weighted by Crippen LogP contribution is 2.39. The van der Waals surface area contributed by atoms with Crippen molar-refractivity contribution in [1.29, 1.82) is 0 Å². The van der Waals surface area contributed by atoms with Crippen LogP contribution in [0.1, 0.15) is 50.9 Å². The zero-order valence-corrected chi connectivity index (χ0v) is 12.6. The number of ether oxygens (including phenoxy) is 2. The van der Waals surface area contributed by atoms with Gasteiger partial charge in [-0.3, -0.25) is 4.79 Å². The van der Waals surface area contributed by atoms with Crippen LogP contribution in [0.2, 0.25) is 0 Å². The van der Waals surface area contributed by atoms with Gasteiger partial charge in [-0.15, -0.1) is 0 Å². The minimum atomic E-state index is 0.0111. The predicted octanol–water partition coefficient (Wildman–Crippen LogP) is 3.44. The molecule has 0 aromatic heterocycles. The SMILES string of the molecule is CC(C)Oc1cc(N)c(C(=O)C2CC2)cc1OC(C)C. The Kier molecular flexibility index (Phi) is 4.21. The van der Waals surface area contributed by atoms with Gasteiger partial charge in [-0.2, -0.15) is 0 Å². The van der Waals surface area contributed by atoms with Gasteiger partial charge in [0.2, 0.25) is 0 Å². The van der Waals surface area contributed by atoms with Gasteiger partial charge in [0.15, 0.2) is 17.3 Å². The van der Waals surface area contributed by atoms with Gasteiger partial charge in [0.1, 0.15) is 0 Å². The van der Waals surface area contributed by atoms with Crippen LogP contribution in [-0.4, -0.2) is 18.0 Å². The van der Waals surface area contributed by atoms with Crippen LogP contribution in [0.5, 0.6) is 11.5 Å². The van der Waals surface area contributed by atoms with Crippen LogP contribution >= 0.6 is 0 Å². The van der Waals surface area contributed by atoms with E-state index in [0.29, 0.717) is 22.7 Å². The van der Waals surface area contributed by atoms with Crippen LogP contribution in [0.15, 0.2) is 12.1 Å². The molecule has 0 aliphatic heterocycles. The standard InChI is InChI=1S/C16H23NO3/c1-9(2)19-14-7-12(16(18)11-5-6-11)13(17)8-15(14)20-10(3)4/h7-11H,5-6,17H2,1-4H3. The van der Waals surface area contributed by atoms with Crippen molar-refractivity contribution in [3.05, 3.63) is 17.7 Å². The largest absolute Gasteiger partial charge is 0.487 e. The predicted molar refractivity (Wildman–Crippen MR) is 79.4 cm³/mol. The first-order valence-corrected chi connectivity index (χ1v) is 7.19. The third kappa shape index (κ3) is 3.44. The highest BCUT2D eigenvalue weighted by molar-refractivity contribution is 6.04. The molecule has 0 saturated heterocycles. The van der Waals surface area contributed by atoms with E-state index in [1.807, 2.05) is 27.7 Å². The number of rotatable bonds is 6. The van der Waals surface area contributed by atoms with Crippen molar-refractivity contribution in [2.45, 2.75) is 52.7 Å². The molecule has 1 saturated carbocycles. The molecule has 1 aliphatic carbocycles. The Bertz CT molecular complexity index is 505. The minimum Gasteiger partial charge on any atom is -0.487 e. The van der Waals surface area contributed by atoms with Gasteiger partial charge in [0, 0.05) is 23.2 Å². The maximum atomic E-state index is 12.2. The smallest absolute Gasteiger partial charge is 0.168 e. The first-order valence-electron chi connectivity index (χ1n) is 7.19. The van der Waals surface area contributed by atoms with Gasteiger partial charge in [-0.05, 0) is 46.6 Å². The van der Waals surface area contributed by atoms with Crippen molar-refractivity contribution >= 4 is 11.5 Å². The molecule has 0 radical (unpaired) electrons. The molecule has 4 heteroatoms. The number of ketones is 1. The average Bonchev–Trinajstić information content (AvgIpc) is 3.14. The molecular weight excluding hydrogens is 254 g/mol. The number of Topliss-reactive ketones (excluding diaryl/α,β-unsaturated/α-hetero) is 1. The fourth-order valence-corrected chi connectivity index (χ4v) is 2.05. The van der Waals surface area contributed by atoms with E-state index >= 15 is 0 Å². The molecule has 0 amide bonds. The number of nitrogen functional groups attached to an aromatic ring is 1. The van der Waals surface area contributed by atoms with Crippen LogP contribution in [0, 0.1) is 5.92 Å². The van der Waals surface area contributed by atoms with Gasteiger partial charge < -0.3 is 15.2 Å². The Balaban J connectivity index is 2.37. The molecule has 4 nitrogen and oxygen atoms in total. The molecule has 0 bridgehead atoms. The minimum absolute atomic E-state index is 0.0111. The van der Waals surface area contributed by atoms with E-state index in [-0.39, 0.29) is 23.9 Å². The maximum absolute atomic E-state index is 12.2. The molecule has 20 heavy (non-hydrogen) atoms. The maximum Gasteiger partial charge on any atom is 0.168 e. The second-order valence-electron chi connectivity index (χ2n) is 5.86. The lowest BCUT2D eigenvalue weighted by Gasteiger charge is -2.19. The van der Waals surface area contributed by atoms with E-state index in [1.165, 1.54) is 0 Å². The lowest BCUT2D eigenvalue weighted by molar-refractivity contribution is 0.0967. The summed E-state index contributed by atoms with van der Waals surface area (Å²) >= 11 is 0. The summed E-state index contributed by atoms with van der Waals surface area (Å²) in [6, 6.07) is 3.43. The summed E-state index contributed by atoms with van der Waals surface area (Å²) in [5, 5.41) is 0. The molecule has 1 fully saturated rings. The molecular formula is C16H23NO3. The van der Waals surface area contributed by atoms with Gasteiger partial charge >= 0.3 is 0 Å². The summed E-state index contributed by atoms with van der Waals surface area (Å²) in [6.07, 6.45) is 1.96. The van der Waals surface area contributed by atoms with Crippen molar-refractivity contribution in [3.8, 4) is 11.5 Å². The number of benzene rings is 1. The van der Waals surface area contributed by atoms with Gasteiger partial charge in [0.25, 0.3) is 0 Å². The van der Waals surface area contributed by atoms with Crippen LogP contribution < -0.4 is 15.2 Å². The number of hydrogen-bond acceptors (Lipinski definition) is 4. The number of anilines is 1. The van der Waals surface area contributed by atoms with Crippen LogP contribution in [0.3, 0.4) is 0 Å². The monoisotopic (exact) mass is 277 g/mol. The van der Waals surface area contributed by atoms with E-state index in [0.717, 1.165) is 12.8 Å². The van der Waals surface area contributed by atoms with Crippen LogP contribution in [-0.2, 0) is 0 Å². The number of hydrogen-bond donors (Lipinski definition) is 1. The lowest BCUT2D eigenvalue weighted by atomic mass is 10.0. The molecule has 1 aromatic rings. The normalized spacial score (nSPS) is 14.7. The fraction of sp³-hybridized carbons (Fsp3) is 0.562. The van der Waals surface area contributed by atoms with Crippen molar-refractivity contribution in [1.82, 2.24) is 0 Å². The highest BCUT2D eigenvalue weighted by atomic mass is 16.5. The molecule has 0 spiro atoms. The third-order valence-corrected chi connectivity index (χ3v) is 3.05. The Hall–Kier alpha value is -1.71. The Morgan fingerprint density at radius 1 is 1.10 bits per heavy atom. The molecule has 1 aliphatic rings. The molecule has 2 N–H and O–H groups in total. The second-order valence-corrected chi connectivity index (χ2v) is 5.86.